The SMILES string of the molecule is Cc1cc2n(n1)C(c1coc3ccccc3c1=O)Nc1ccccc1-2. The van der Waals surface area contributed by atoms with Crippen molar-refractivity contribution >= 4 is 16.7 Å². The summed E-state index contributed by atoms with van der Waals surface area (Å²) in [6, 6.07) is 17.4. The van der Waals surface area contributed by atoms with Crippen LogP contribution in [0.4, 0.5) is 5.69 Å². The van der Waals surface area contributed by atoms with Crippen molar-refractivity contribution in [1.29, 1.82) is 0 Å². The Morgan fingerprint density at radius 1 is 1.12 bits per heavy atom. The number of aryl methyl sites for hydroxylation is 1. The maximum Gasteiger partial charge on any atom is 0.199 e. The van der Waals surface area contributed by atoms with Gasteiger partial charge in [0.05, 0.1) is 22.3 Å². The van der Waals surface area contributed by atoms with Gasteiger partial charge in [-0.05, 0) is 31.2 Å². The zero-order chi connectivity index (χ0) is 17.0. The van der Waals surface area contributed by atoms with Gasteiger partial charge in [0.2, 0.25) is 0 Å². The van der Waals surface area contributed by atoms with Gasteiger partial charge in [-0.15, -0.1) is 0 Å². The van der Waals surface area contributed by atoms with Gasteiger partial charge in [-0.3, -0.25) is 4.79 Å². The number of hydrogen-bond acceptors (Lipinski definition) is 4. The molecule has 122 valence electrons. The van der Waals surface area contributed by atoms with Crippen LogP contribution in [0.15, 0.2) is 70.1 Å². The standard InChI is InChI=1S/C20H15N3O2/c1-12-10-17-13-6-2-4-8-16(13)21-20(23(17)22-12)15-11-25-18-9-5-3-7-14(18)19(15)24/h2-11,20-21H,1H3. The van der Waals surface area contributed by atoms with E-state index in [0.29, 0.717) is 16.5 Å². The number of aromatic nitrogens is 2. The van der Waals surface area contributed by atoms with Gasteiger partial charge in [-0.25, -0.2) is 4.68 Å². The largest absolute Gasteiger partial charge is 0.464 e. The molecule has 5 rings (SSSR count). The van der Waals surface area contributed by atoms with Gasteiger partial charge in [0, 0.05) is 11.3 Å². The highest BCUT2D eigenvalue weighted by Gasteiger charge is 2.28. The summed E-state index contributed by atoms with van der Waals surface area (Å²) in [5.74, 6) is 0. The molecular weight excluding hydrogens is 314 g/mol. The number of nitrogens with zero attached hydrogens (tertiary/aromatic N) is 2. The van der Waals surface area contributed by atoms with Crippen LogP contribution >= 0.6 is 0 Å². The molecule has 2 aromatic carbocycles. The van der Waals surface area contributed by atoms with Crippen molar-refractivity contribution in [2.45, 2.75) is 13.1 Å². The van der Waals surface area contributed by atoms with E-state index < -0.39 is 6.17 Å². The van der Waals surface area contributed by atoms with E-state index in [-0.39, 0.29) is 5.43 Å². The monoisotopic (exact) mass is 329 g/mol. The van der Waals surface area contributed by atoms with Crippen molar-refractivity contribution in [2.75, 3.05) is 5.32 Å². The summed E-state index contributed by atoms with van der Waals surface area (Å²) in [6.45, 7) is 1.95. The fourth-order valence-electron chi connectivity index (χ4n) is 3.45. The highest BCUT2D eigenvalue weighted by atomic mass is 16.3. The van der Waals surface area contributed by atoms with Crippen molar-refractivity contribution in [3.8, 4) is 11.3 Å². The smallest absolute Gasteiger partial charge is 0.199 e. The van der Waals surface area contributed by atoms with Crippen molar-refractivity contribution in [3.05, 3.63) is 82.3 Å². The lowest BCUT2D eigenvalue weighted by Crippen LogP contribution is -2.29. The van der Waals surface area contributed by atoms with Gasteiger partial charge < -0.3 is 9.73 Å². The van der Waals surface area contributed by atoms with E-state index in [2.05, 4.69) is 10.4 Å². The molecule has 0 bridgehead atoms. The number of hydrogen-bond donors (Lipinski definition) is 1. The molecule has 1 aliphatic rings. The molecule has 0 fully saturated rings. The highest BCUT2D eigenvalue weighted by Crippen LogP contribution is 2.37. The van der Waals surface area contributed by atoms with Crippen molar-refractivity contribution < 1.29 is 4.42 Å². The van der Waals surface area contributed by atoms with Crippen LogP contribution in [0, 0.1) is 6.92 Å². The molecule has 0 aliphatic carbocycles. The van der Waals surface area contributed by atoms with Crippen LogP contribution in [0.25, 0.3) is 22.2 Å². The normalized spacial score (nSPS) is 15.5. The summed E-state index contributed by atoms with van der Waals surface area (Å²) in [6.07, 6.45) is 1.14. The molecule has 0 amide bonds. The molecule has 0 radical (unpaired) electrons. The van der Waals surface area contributed by atoms with Crippen LogP contribution in [-0.2, 0) is 0 Å². The maximum absolute atomic E-state index is 13.0. The van der Waals surface area contributed by atoms with E-state index in [0.717, 1.165) is 22.6 Å². The van der Waals surface area contributed by atoms with Crippen LogP contribution < -0.4 is 10.7 Å². The summed E-state index contributed by atoms with van der Waals surface area (Å²) >= 11 is 0. The first-order valence-electron chi connectivity index (χ1n) is 8.15. The minimum Gasteiger partial charge on any atom is -0.464 e. The number of para-hydroxylation sites is 2. The van der Waals surface area contributed by atoms with Gasteiger partial charge in [0.25, 0.3) is 0 Å². The van der Waals surface area contributed by atoms with E-state index >= 15 is 0 Å². The van der Waals surface area contributed by atoms with Gasteiger partial charge in [0.15, 0.2) is 11.6 Å². The summed E-state index contributed by atoms with van der Waals surface area (Å²) in [4.78, 5) is 13.0. The lowest BCUT2D eigenvalue weighted by atomic mass is 10.0. The number of nitrogens with one attached hydrogen (secondary N) is 1. The van der Waals surface area contributed by atoms with Crippen LogP contribution in [0.2, 0.25) is 0 Å². The zero-order valence-electron chi connectivity index (χ0n) is 13.6. The first kappa shape index (κ1) is 14.0. The molecular formula is C20H15N3O2. The van der Waals surface area contributed by atoms with Gasteiger partial charge in [0.1, 0.15) is 11.8 Å². The van der Waals surface area contributed by atoms with Crippen molar-refractivity contribution in [3.63, 3.8) is 0 Å². The summed E-state index contributed by atoms with van der Waals surface area (Å²) in [7, 11) is 0. The molecule has 0 saturated heterocycles. The Hall–Kier alpha value is -3.34. The molecule has 3 heterocycles. The van der Waals surface area contributed by atoms with Gasteiger partial charge in [-0.2, -0.15) is 5.10 Å². The molecule has 25 heavy (non-hydrogen) atoms. The first-order valence-corrected chi connectivity index (χ1v) is 8.15. The van der Waals surface area contributed by atoms with E-state index in [9.17, 15) is 4.79 Å². The van der Waals surface area contributed by atoms with E-state index in [1.54, 1.807) is 12.1 Å². The number of fused-ring (bicyclic) bond motifs is 4. The van der Waals surface area contributed by atoms with Crippen LogP contribution in [-0.4, -0.2) is 9.78 Å². The molecule has 5 heteroatoms. The Kier molecular flexibility index (Phi) is 2.85. The quantitative estimate of drug-likeness (QED) is 0.575. The molecule has 0 spiro atoms. The molecule has 1 unspecified atom stereocenters. The fraction of sp³-hybridized carbons (Fsp3) is 0.100. The second-order valence-electron chi connectivity index (χ2n) is 6.22. The Morgan fingerprint density at radius 2 is 1.92 bits per heavy atom. The number of rotatable bonds is 1. The van der Waals surface area contributed by atoms with Crippen LogP contribution in [0.5, 0.6) is 0 Å². The van der Waals surface area contributed by atoms with Crippen molar-refractivity contribution in [1.82, 2.24) is 9.78 Å². The molecule has 1 atom stereocenters. The van der Waals surface area contributed by atoms with Gasteiger partial charge >= 0.3 is 0 Å². The molecule has 0 saturated carbocycles. The third-order valence-corrected chi connectivity index (χ3v) is 4.60. The predicted molar refractivity (Wildman–Crippen MR) is 96.6 cm³/mol. The lowest BCUT2D eigenvalue weighted by molar-refractivity contribution is 0.532. The number of benzene rings is 2. The third-order valence-electron chi connectivity index (χ3n) is 4.60. The second-order valence-corrected chi connectivity index (χ2v) is 6.22. The Labute approximate surface area is 143 Å². The van der Waals surface area contributed by atoms with Gasteiger partial charge in [-0.1, -0.05) is 30.3 Å². The topological polar surface area (TPSA) is 60.1 Å². The molecule has 1 N–H and O–H groups in total. The first-order chi connectivity index (χ1) is 12.2. The molecule has 4 aromatic rings. The van der Waals surface area contributed by atoms with Crippen LogP contribution in [0.1, 0.15) is 17.4 Å². The molecule has 5 nitrogen and oxygen atoms in total. The number of anilines is 1. The van der Waals surface area contributed by atoms with E-state index in [4.69, 9.17) is 4.42 Å². The Bertz CT molecular complexity index is 1170. The molecule has 2 aromatic heterocycles. The lowest BCUT2D eigenvalue weighted by Gasteiger charge is -2.28. The summed E-state index contributed by atoms with van der Waals surface area (Å²) in [5, 5.41) is 8.61. The second kappa shape index (κ2) is 5.08. The Morgan fingerprint density at radius 3 is 2.84 bits per heavy atom. The van der Waals surface area contributed by atoms with Crippen molar-refractivity contribution in [2.24, 2.45) is 0 Å². The predicted octanol–water partition coefficient (Wildman–Crippen LogP) is 3.94. The fourth-order valence-corrected chi connectivity index (χ4v) is 3.45. The van der Waals surface area contributed by atoms with Crippen LogP contribution in [0.3, 0.4) is 0 Å². The highest BCUT2D eigenvalue weighted by molar-refractivity contribution is 5.80. The summed E-state index contributed by atoms with van der Waals surface area (Å²) < 4.78 is 7.57. The third kappa shape index (κ3) is 2.02. The molecule has 1 aliphatic heterocycles. The zero-order valence-corrected chi connectivity index (χ0v) is 13.6. The maximum atomic E-state index is 13.0. The average Bonchev–Trinajstić information content (AvgIpc) is 3.04. The Balaban J connectivity index is 1.76. The van der Waals surface area contributed by atoms with E-state index in [1.807, 2.05) is 54.1 Å². The minimum atomic E-state index is -0.403. The van der Waals surface area contributed by atoms with E-state index in [1.165, 1.54) is 6.26 Å². The minimum absolute atomic E-state index is 0.0437. The average molecular weight is 329 g/mol. The summed E-state index contributed by atoms with van der Waals surface area (Å²) in [5.41, 5.74) is 5.03.